The molecular formula is C19H24N4O3. The second kappa shape index (κ2) is 8.07. The zero-order chi connectivity index (χ0) is 18.5. The lowest BCUT2D eigenvalue weighted by Gasteiger charge is -2.18. The predicted octanol–water partition coefficient (Wildman–Crippen LogP) is 1.64. The van der Waals surface area contributed by atoms with Gasteiger partial charge in [-0.15, -0.1) is 0 Å². The molecule has 2 aromatic rings. The Morgan fingerprint density at radius 3 is 2.23 bits per heavy atom. The van der Waals surface area contributed by atoms with Crippen LogP contribution in [0.1, 0.15) is 17.3 Å². The minimum atomic E-state index is -0.0481. The summed E-state index contributed by atoms with van der Waals surface area (Å²) in [5, 5.41) is 11.0. The molecule has 0 amide bonds. The van der Waals surface area contributed by atoms with E-state index in [4.69, 9.17) is 20.1 Å². The van der Waals surface area contributed by atoms with Gasteiger partial charge in [-0.05, 0) is 17.7 Å². The van der Waals surface area contributed by atoms with Crippen molar-refractivity contribution in [1.82, 2.24) is 10.6 Å². The monoisotopic (exact) mass is 356 g/mol. The maximum atomic E-state index is 5.73. The Labute approximate surface area is 153 Å². The van der Waals surface area contributed by atoms with E-state index in [0.29, 0.717) is 23.8 Å². The number of hydrogen-bond acceptors (Lipinski definition) is 7. The summed E-state index contributed by atoms with van der Waals surface area (Å²) in [6.45, 7) is 0.701. The maximum absolute atomic E-state index is 5.73. The van der Waals surface area contributed by atoms with E-state index in [1.54, 1.807) is 21.3 Å². The summed E-state index contributed by atoms with van der Waals surface area (Å²) in [6, 6.07) is 13.8. The van der Waals surface area contributed by atoms with Crippen LogP contribution in [0.5, 0.6) is 17.2 Å². The second-order valence-corrected chi connectivity index (χ2v) is 5.90. The first-order valence-corrected chi connectivity index (χ1v) is 8.34. The Hall–Kier alpha value is -2.77. The third-order valence-electron chi connectivity index (χ3n) is 4.46. The van der Waals surface area contributed by atoms with Crippen LogP contribution in [0.15, 0.2) is 47.6 Å². The largest absolute Gasteiger partial charge is 0.493 e. The molecule has 7 nitrogen and oxygen atoms in total. The van der Waals surface area contributed by atoms with Gasteiger partial charge in [0.1, 0.15) is 0 Å². The normalized spacial score (nSPS) is 20.0. The van der Waals surface area contributed by atoms with Crippen LogP contribution in [0.25, 0.3) is 0 Å². The molecule has 0 aromatic heterocycles. The second-order valence-electron chi connectivity index (χ2n) is 5.90. The minimum Gasteiger partial charge on any atom is -0.493 e. The highest BCUT2D eigenvalue weighted by Crippen LogP contribution is 2.38. The van der Waals surface area contributed by atoms with Crippen molar-refractivity contribution in [3.63, 3.8) is 0 Å². The van der Waals surface area contributed by atoms with Gasteiger partial charge in [-0.3, -0.25) is 10.6 Å². The van der Waals surface area contributed by atoms with E-state index in [-0.39, 0.29) is 12.2 Å². The number of ether oxygens (including phenoxy) is 3. The van der Waals surface area contributed by atoms with Crippen LogP contribution < -0.4 is 30.7 Å². The van der Waals surface area contributed by atoms with Crippen LogP contribution >= 0.6 is 0 Å². The molecule has 1 fully saturated rings. The number of benzene rings is 2. The quantitative estimate of drug-likeness (QED) is 0.414. The summed E-state index contributed by atoms with van der Waals surface area (Å²) < 4.78 is 16.2. The number of hydrogen-bond donors (Lipinski definition) is 3. The average Bonchev–Trinajstić information content (AvgIpc) is 3.18. The van der Waals surface area contributed by atoms with Gasteiger partial charge < -0.3 is 20.1 Å². The van der Waals surface area contributed by atoms with Crippen molar-refractivity contribution in [2.75, 3.05) is 27.9 Å². The van der Waals surface area contributed by atoms with Gasteiger partial charge in [0, 0.05) is 12.1 Å². The first-order valence-electron chi connectivity index (χ1n) is 8.34. The summed E-state index contributed by atoms with van der Waals surface area (Å²) >= 11 is 0. The van der Waals surface area contributed by atoms with Gasteiger partial charge in [0.25, 0.3) is 0 Å². The zero-order valence-corrected chi connectivity index (χ0v) is 15.2. The standard InChI is InChI=1S/C19H24N4O3/c1-24-15-9-13(10-16(25-2)18(15)26-3)17(23-20)14-11-21-19(22-14)12-7-5-4-6-8-12/h4-10,14,19,21-22H,11,20H2,1-3H3. The van der Waals surface area contributed by atoms with Crippen molar-refractivity contribution in [3.05, 3.63) is 53.6 Å². The Balaban J connectivity index is 1.88. The number of hydrazone groups is 1. The van der Waals surface area contributed by atoms with Gasteiger partial charge in [0.2, 0.25) is 5.75 Å². The van der Waals surface area contributed by atoms with E-state index in [1.165, 1.54) is 0 Å². The van der Waals surface area contributed by atoms with Gasteiger partial charge in [0.15, 0.2) is 11.5 Å². The fraction of sp³-hybridized carbons (Fsp3) is 0.316. The molecule has 2 aromatic carbocycles. The Morgan fingerprint density at radius 2 is 1.69 bits per heavy atom. The first kappa shape index (κ1) is 18.0. The van der Waals surface area contributed by atoms with E-state index in [1.807, 2.05) is 30.3 Å². The Morgan fingerprint density at radius 1 is 1.04 bits per heavy atom. The molecule has 4 N–H and O–H groups in total. The lowest BCUT2D eigenvalue weighted by molar-refractivity contribution is 0.324. The highest BCUT2D eigenvalue weighted by molar-refractivity contribution is 6.05. The van der Waals surface area contributed by atoms with Crippen molar-refractivity contribution in [3.8, 4) is 17.2 Å². The van der Waals surface area contributed by atoms with Crippen LogP contribution in [0.3, 0.4) is 0 Å². The first-order chi connectivity index (χ1) is 12.7. The molecule has 7 heteroatoms. The predicted molar refractivity (Wildman–Crippen MR) is 101 cm³/mol. The molecule has 0 aliphatic carbocycles. The zero-order valence-electron chi connectivity index (χ0n) is 15.2. The molecule has 1 saturated heterocycles. The van der Waals surface area contributed by atoms with Crippen LogP contribution in [0.4, 0.5) is 0 Å². The Bertz CT molecular complexity index is 755. The van der Waals surface area contributed by atoms with Gasteiger partial charge >= 0.3 is 0 Å². The van der Waals surface area contributed by atoms with Crippen molar-refractivity contribution in [2.45, 2.75) is 12.2 Å². The van der Waals surface area contributed by atoms with Gasteiger partial charge in [-0.1, -0.05) is 30.3 Å². The summed E-state index contributed by atoms with van der Waals surface area (Å²) in [5.74, 6) is 7.39. The molecule has 0 radical (unpaired) electrons. The van der Waals surface area contributed by atoms with E-state index >= 15 is 0 Å². The highest BCUT2D eigenvalue weighted by atomic mass is 16.5. The van der Waals surface area contributed by atoms with Crippen molar-refractivity contribution >= 4 is 5.71 Å². The van der Waals surface area contributed by atoms with Gasteiger partial charge in [0.05, 0.1) is 39.2 Å². The van der Waals surface area contributed by atoms with Crippen molar-refractivity contribution in [1.29, 1.82) is 0 Å². The molecule has 2 unspecified atom stereocenters. The lowest BCUT2D eigenvalue weighted by Crippen LogP contribution is -2.35. The van der Waals surface area contributed by atoms with Crippen molar-refractivity contribution in [2.24, 2.45) is 10.9 Å². The molecule has 1 aliphatic rings. The number of nitrogens with two attached hydrogens (primary N) is 1. The summed E-state index contributed by atoms with van der Waals surface area (Å²) in [7, 11) is 4.74. The fourth-order valence-electron chi connectivity index (χ4n) is 3.18. The third kappa shape index (κ3) is 3.44. The molecular weight excluding hydrogens is 332 g/mol. The lowest BCUT2D eigenvalue weighted by atomic mass is 10.0. The molecule has 138 valence electrons. The summed E-state index contributed by atoms with van der Waals surface area (Å²) in [6.07, 6.45) is 0.0417. The molecule has 0 bridgehead atoms. The summed E-state index contributed by atoms with van der Waals surface area (Å²) in [4.78, 5) is 0. The average molecular weight is 356 g/mol. The van der Waals surface area contributed by atoms with E-state index in [0.717, 1.165) is 16.8 Å². The maximum Gasteiger partial charge on any atom is 0.203 e. The topological polar surface area (TPSA) is 90.1 Å². The summed E-state index contributed by atoms with van der Waals surface area (Å²) in [5.41, 5.74) is 2.70. The fourth-order valence-corrected chi connectivity index (χ4v) is 3.18. The molecule has 26 heavy (non-hydrogen) atoms. The molecule has 2 atom stereocenters. The van der Waals surface area contributed by atoms with Crippen LogP contribution in [0.2, 0.25) is 0 Å². The number of rotatable bonds is 6. The number of methoxy groups -OCH3 is 3. The van der Waals surface area contributed by atoms with Crippen LogP contribution in [0, 0.1) is 0 Å². The van der Waals surface area contributed by atoms with E-state index in [9.17, 15) is 0 Å². The molecule has 1 aliphatic heterocycles. The van der Waals surface area contributed by atoms with Crippen LogP contribution in [-0.2, 0) is 0 Å². The number of nitrogens with zero attached hydrogens (tertiary/aromatic N) is 1. The smallest absolute Gasteiger partial charge is 0.203 e. The van der Waals surface area contributed by atoms with Crippen LogP contribution in [-0.4, -0.2) is 39.6 Å². The molecule has 0 spiro atoms. The minimum absolute atomic E-state index is 0.0417. The van der Waals surface area contributed by atoms with Gasteiger partial charge in [-0.25, -0.2) is 0 Å². The van der Waals surface area contributed by atoms with Crippen molar-refractivity contribution < 1.29 is 14.2 Å². The van der Waals surface area contributed by atoms with Gasteiger partial charge in [-0.2, -0.15) is 5.10 Å². The van der Waals surface area contributed by atoms with E-state index in [2.05, 4.69) is 27.9 Å². The molecule has 1 heterocycles. The molecule has 0 saturated carbocycles. The third-order valence-corrected chi connectivity index (χ3v) is 4.46. The number of nitrogens with one attached hydrogen (secondary N) is 2. The SMILES string of the molecule is COc1cc(C(=NN)C2CNC(c3ccccc3)N2)cc(OC)c1OC. The Kier molecular flexibility index (Phi) is 5.60. The molecule has 3 rings (SSSR count). The highest BCUT2D eigenvalue weighted by Gasteiger charge is 2.29. The van der Waals surface area contributed by atoms with E-state index < -0.39 is 0 Å².